The Labute approximate surface area is 118 Å². The molecule has 0 aliphatic carbocycles. The number of aryl methyl sites for hydroxylation is 1. The number of primary amides is 1. The van der Waals surface area contributed by atoms with Crippen molar-refractivity contribution in [2.24, 2.45) is 10.7 Å². The predicted octanol–water partition coefficient (Wildman–Crippen LogP) is -1.01. The summed E-state index contributed by atoms with van der Waals surface area (Å²) in [5.41, 5.74) is 9.73. The fourth-order valence-corrected chi connectivity index (χ4v) is 2.26. The lowest BCUT2D eigenvalue weighted by molar-refractivity contribution is -0.121. The monoisotopic (exact) mass is 290 g/mol. The molecule has 3 heterocycles. The van der Waals surface area contributed by atoms with Crippen molar-refractivity contribution in [1.29, 1.82) is 0 Å². The number of hydrogen-bond donors (Lipinski definition) is 3. The molecule has 1 atom stereocenters. The van der Waals surface area contributed by atoms with Gasteiger partial charge in [0.05, 0.1) is 6.20 Å². The maximum atomic E-state index is 12.3. The standard InChI is InChI=1S/C12H14N6O3/c1-3-6-5(2)15-10-7(4-14-18(10)12(6)20)11-16-9(8(13)19)17-21-11/h4,9,15,17H,3H2,1-2H3,(H2,13,19). The highest BCUT2D eigenvalue weighted by Crippen LogP contribution is 2.14. The number of fused-ring (bicyclic) bond motifs is 1. The lowest BCUT2D eigenvalue weighted by Crippen LogP contribution is -2.35. The van der Waals surface area contributed by atoms with E-state index in [0.29, 0.717) is 23.2 Å². The van der Waals surface area contributed by atoms with Crippen molar-refractivity contribution < 1.29 is 9.63 Å². The summed E-state index contributed by atoms with van der Waals surface area (Å²) in [6, 6.07) is 0. The zero-order chi connectivity index (χ0) is 15.1. The molecule has 4 N–H and O–H groups in total. The predicted molar refractivity (Wildman–Crippen MR) is 73.7 cm³/mol. The van der Waals surface area contributed by atoms with Gasteiger partial charge in [-0.25, -0.2) is 4.99 Å². The summed E-state index contributed by atoms with van der Waals surface area (Å²) in [7, 11) is 0. The van der Waals surface area contributed by atoms with Gasteiger partial charge in [0.2, 0.25) is 12.1 Å². The second-order valence-electron chi connectivity index (χ2n) is 4.66. The maximum Gasteiger partial charge on any atom is 0.277 e. The molecule has 21 heavy (non-hydrogen) atoms. The molecule has 1 amide bonds. The van der Waals surface area contributed by atoms with E-state index in [-0.39, 0.29) is 11.5 Å². The Kier molecular flexibility index (Phi) is 2.98. The molecule has 9 heteroatoms. The summed E-state index contributed by atoms with van der Waals surface area (Å²) < 4.78 is 1.25. The minimum atomic E-state index is -0.947. The second kappa shape index (κ2) is 4.70. The molecule has 0 saturated heterocycles. The van der Waals surface area contributed by atoms with E-state index in [9.17, 15) is 9.59 Å². The summed E-state index contributed by atoms with van der Waals surface area (Å²) in [6.07, 6.45) is 1.11. The van der Waals surface area contributed by atoms with Gasteiger partial charge >= 0.3 is 0 Å². The minimum absolute atomic E-state index is 0.160. The number of nitrogens with two attached hydrogens (primary N) is 1. The van der Waals surface area contributed by atoms with E-state index in [1.54, 1.807) is 0 Å². The highest BCUT2D eigenvalue weighted by Gasteiger charge is 2.27. The Hall–Kier alpha value is -2.68. The molecule has 0 bridgehead atoms. The number of carbonyl (C=O) groups excluding carboxylic acids is 1. The van der Waals surface area contributed by atoms with E-state index in [2.05, 4.69) is 20.6 Å². The van der Waals surface area contributed by atoms with Crippen LogP contribution in [0.5, 0.6) is 0 Å². The highest BCUT2D eigenvalue weighted by atomic mass is 16.7. The third kappa shape index (κ3) is 1.98. The van der Waals surface area contributed by atoms with Crippen molar-refractivity contribution in [1.82, 2.24) is 20.1 Å². The molecule has 0 spiro atoms. The third-order valence-electron chi connectivity index (χ3n) is 3.35. The Balaban J connectivity index is 2.16. The minimum Gasteiger partial charge on any atom is -0.385 e. The van der Waals surface area contributed by atoms with Gasteiger partial charge in [-0.15, -0.1) is 5.48 Å². The van der Waals surface area contributed by atoms with Crippen molar-refractivity contribution in [3.63, 3.8) is 0 Å². The largest absolute Gasteiger partial charge is 0.385 e. The summed E-state index contributed by atoms with van der Waals surface area (Å²) in [4.78, 5) is 35.6. The molecule has 0 fully saturated rings. The lowest BCUT2D eigenvalue weighted by atomic mass is 10.2. The van der Waals surface area contributed by atoms with Crippen molar-refractivity contribution in [3.8, 4) is 0 Å². The van der Waals surface area contributed by atoms with Crippen LogP contribution in [0.25, 0.3) is 5.65 Å². The van der Waals surface area contributed by atoms with Crippen LogP contribution in [0.3, 0.4) is 0 Å². The molecule has 1 aliphatic rings. The maximum absolute atomic E-state index is 12.3. The number of aromatic nitrogens is 3. The van der Waals surface area contributed by atoms with Crippen molar-refractivity contribution in [3.05, 3.63) is 33.4 Å². The summed E-state index contributed by atoms with van der Waals surface area (Å²) in [6.45, 7) is 3.72. The molecule has 1 unspecified atom stereocenters. The highest BCUT2D eigenvalue weighted by molar-refractivity contribution is 6.01. The van der Waals surface area contributed by atoms with Crippen LogP contribution in [0.4, 0.5) is 0 Å². The first-order valence-corrected chi connectivity index (χ1v) is 6.42. The van der Waals surface area contributed by atoms with E-state index >= 15 is 0 Å². The summed E-state index contributed by atoms with van der Waals surface area (Å²) in [5, 5.41) is 4.05. The van der Waals surface area contributed by atoms with Gasteiger partial charge in [-0.1, -0.05) is 6.92 Å². The smallest absolute Gasteiger partial charge is 0.277 e. The van der Waals surface area contributed by atoms with E-state index in [0.717, 1.165) is 5.69 Å². The zero-order valence-corrected chi connectivity index (χ0v) is 11.5. The number of amides is 1. The van der Waals surface area contributed by atoms with Crippen LogP contribution in [-0.4, -0.2) is 32.6 Å². The zero-order valence-electron chi connectivity index (χ0n) is 11.5. The molecular formula is C12H14N6O3. The third-order valence-corrected chi connectivity index (χ3v) is 3.35. The average molecular weight is 290 g/mol. The molecule has 110 valence electrons. The van der Waals surface area contributed by atoms with Crippen LogP contribution >= 0.6 is 0 Å². The van der Waals surface area contributed by atoms with Gasteiger partial charge in [0, 0.05) is 11.3 Å². The number of hydrogen-bond acceptors (Lipinski definition) is 6. The van der Waals surface area contributed by atoms with Gasteiger partial charge in [-0.2, -0.15) is 9.61 Å². The lowest BCUT2D eigenvalue weighted by Gasteiger charge is -2.04. The van der Waals surface area contributed by atoms with Gasteiger partial charge in [-0.3, -0.25) is 9.59 Å². The van der Waals surface area contributed by atoms with Crippen LogP contribution in [0.15, 0.2) is 16.0 Å². The average Bonchev–Trinajstić information content (AvgIpc) is 3.04. The number of nitrogens with zero attached hydrogens (tertiary/aromatic N) is 3. The molecular weight excluding hydrogens is 276 g/mol. The SMILES string of the molecule is CCc1c(C)[nH]c2c(C3=NC(C(N)=O)NO3)cnn2c1=O. The Morgan fingerprint density at radius 3 is 2.95 bits per heavy atom. The van der Waals surface area contributed by atoms with Crippen molar-refractivity contribution in [2.45, 2.75) is 26.4 Å². The van der Waals surface area contributed by atoms with Crippen molar-refractivity contribution in [2.75, 3.05) is 0 Å². The first-order chi connectivity index (χ1) is 10.0. The molecule has 0 saturated carbocycles. The van der Waals surface area contributed by atoms with Crippen LogP contribution in [0.1, 0.15) is 23.7 Å². The van der Waals surface area contributed by atoms with Gasteiger partial charge < -0.3 is 15.6 Å². The van der Waals surface area contributed by atoms with Crippen LogP contribution in [0, 0.1) is 6.92 Å². The fraction of sp³-hybridized carbons (Fsp3) is 0.333. The quantitative estimate of drug-likeness (QED) is 0.667. The van der Waals surface area contributed by atoms with Crippen molar-refractivity contribution >= 4 is 17.5 Å². The van der Waals surface area contributed by atoms with E-state index in [4.69, 9.17) is 10.6 Å². The Morgan fingerprint density at radius 1 is 1.57 bits per heavy atom. The molecule has 9 nitrogen and oxygen atoms in total. The molecule has 0 radical (unpaired) electrons. The fourth-order valence-electron chi connectivity index (χ4n) is 2.26. The first-order valence-electron chi connectivity index (χ1n) is 6.42. The normalized spacial score (nSPS) is 17.8. The number of aromatic amines is 1. The molecule has 1 aliphatic heterocycles. The number of aliphatic imine (C=N–C) groups is 1. The summed E-state index contributed by atoms with van der Waals surface area (Å²) >= 11 is 0. The first kappa shape index (κ1) is 13.3. The molecule has 2 aromatic heterocycles. The van der Waals surface area contributed by atoms with Gasteiger partial charge in [0.15, 0.2) is 0 Å². The molecule has 0 aromatic carbocycles. The second-order valence-corrected chi connectivity index (χ2v) is 4.66. The topological polar surface area (TPSA) is 127 Å². The molecule has 3 rings (SSSR count). The molecule has 2 aromatic rings. The number of hydroxylamine groups is 1. The van der Waals surface area contributed by atoms with Gasteiger partial charge in [0.1, 0.15) is 11.2 Å². The van der Waals surface area contributed by atoms with E-state index in [1.807, 2.05) is 13.8 Å². The van der Waals surface area contributed by atoms with Gasteiger partial charge in [-0.05, 0) is 13.3 Å². The number of rotatable bonds is 3. The Bertz CT molecular complexity index is 818. The van der Waals surface area contributed by atoms with Gasteiger partial charge in [0.25, 0.3) is 11.5 Å². The van der Waals surface area contributed by atoms with Crippen LogP contribution in [0.2, 0.25) is 0 Å². The van der Waals surface area contributed by atoms with Crippen LogP contribution in [-0.2, 0) is 16.1 Å². The number of carbonyl (C=O) groups is 1. The Morgan fingerprint density at radius 2 is 2.33 bits per heavy atom. The van der Waals surface area contributed by atoms with E-state index in [1.165, 1.54) is 10.7 Å². The number of H-pyrrole nitrogens is 1. The summed E-state index contributed by atoms with van der Waals surface area (Å²) in [5.74, 6) is -0.493. The van der Waals surface area contributed by atoms with E-state index < -0.39 is 12.1 Å². The van der Waals surface area contributed by atoms with Crippen LogP contribution < -0.4 is 16.8 Å². The number of nitrogens with one attached hydrogen (secondary N) is 2.